The summed E-state index contributed by atoms with van der Waals surface area (Å²) in [5.74, 6) is -0.987. The molecule has 0 unspecified atom stereocenters. The third-order valence-electron chi connectivity index (χ3n) is 3.72. The van der Waals surface area contributed by atoms with Gasteiger partial charge in [0.25, 0.3) is 5.91 Å². The van der Waals surface area contributed by atoms with E-state index in [0.29, 0.717) is 10.4 Å². The minimum absolute atomic E-state index is 0.0183. The Morgan fingerprint density at radius 3 is 2.60 bits per heavy atom. The largest absolute Gasteiger partial charge is 0.478 e. The maximum atomic E-state index is 12.7. The Hall–Kier alpha value is -1.62. The summed E-state index contributed by atoms with van der Waals surface area (Å²) in [5.41, 5.74) is 0.687. The number of carbonyl (C=O) groups is 2. The number of hydrogen-bond donors (Lipinski definition) is 1. The topological polar surface area (TPSA) is 57.6 Å². The quantitative estimate of drug-likeness (QED) is 0.870. The van der Waals surface area contributed by atoms with E-state index < -0.39 is 5.97 Å². The molecule has 0 saturated carbocycles. The first-order valence-electron chi connectivity index (χ1n) is 6.82. The summed E-state index contributed by atoms with van der Waals surface area (Å²) >= 11 is 1.37. The number of amides is 1. The third-order valence-corrected chi connectivity index (χ3v) is 4.64. The first-order chi connectivity index (χ1) is 9.50. The second-order valence-electron chi connectivity index (χ2n) is 5.22. The summed E-state index contributed by atoms with van der Waals surface area (Å²) in [6.07, 6.45) is 5.78. The molecular formula is C15H19NO3S. The fourth-order valence-electron chi connectivity index (χ4n) is 2.72. The number of carboxylic acid groups (broad SMARTS) is 1. The average Bonchev–Trinajstić information content (AvgIpc) is 2.84. The van der Waals surface area contributed by atoms with Crippen molar-refractivity contribution in [3.63, 3.8) is 0 Å². The second-order valence-corrected chi connectivity index (χ2v) is 6.13. The lowest BCUT2D eigenvalue weighted by atomic mass is 9.97. The van der Waals surface area contributed by atoms with Crippen LogP contribution in [-0.2, 0) is 4.79 Å². The van der Waals surface area contributed by atoms with Gasteiger partial charge in [-0.15, -0.1) is 11.3 Å². The molecule has 1 saturated heterocycles. The maximum absolute atomic E-state index is 12.7. The summed E-state index contributed by atoms with van der Waals surface area (Å²) in [7, 11) is 0. The van der Waals surface area contributed by atoms with Crippen LogP contribution < -0.4 is 0 Å². The zero-order chi connectivity index (χ0) is 14.7. The summed E-state index contributed by atoms with van der Waals surface area (Å²) in [5, 5.41) is 10.5. The predicted molar refractivity (Wildman–Crippen MR) is 79.9 cm³/mol. The molecule has 0 aliphatic carbocycles. The molecule has 20 heavy (non-hydrogen) atoms. The number of hydrogen-bond acceptors (Lipinski definition) is 3. The average molecular weight is 293 g/mol. The molecule has 2 rings (SSSR count). The summed E-state index contributed by atoms with van der Waals surface area (Å²) in [4.78, 5) is 25.9. The Labute approximate surface area is 122 Å². The van der Waals surface area contributed by atoms with Crippen molar-refractivity contribution < 1.29 is 14.7 Å². The summed E-state index contributed by atoms with van der Waals surface area (Å²) in [6, 6.07) is 2.27. The molecule has 108 valence electrons. The van der Waals surface area contributed by atoms with Gasteiger partial charge in [-0.3, -0.25) is 4.79 Å². The molecule has 0 bridgehead atoms. The fraction of sp³-hybridized carbons (Fsp3) is 0.467. The zero-order valence-electron chi connectivity index (χ0n) is 11.7. The fourth-order valence-corrected chi connectivity index (χ4v) is 3.55. The first-order valence-corrected chi connectivity index (χ1v) is 7.70. The van der Waals surface area contributed by atoms with Crippen LogP contribution in [0.5, 0.6) is 0 Å². The van der Waals surface area contributed by atoms with E-state index in [1.807, 2.05) is 10.3 Å². The molecular weight excluding hydrogens is 274 g/mol. The van der Waals surface area contributed by atoms with Crippen LogP contribution in [0.15, 0.2) is 17.5 Å². The van der Waals surface area contributed by atoms with Crippen molar-refractivity contribution in [2.75, 3.05) is 0 Å². The Balaban J connectivity index is 2.25. The molecule has 0 spiro atoms. The molecule has 2 atom stereocenters. The number of carboxylic acids is 1. The van der Waals surface area contributed by atoms with Crippen molar-refractivity contribution in [1.82, 2.24) is 4.90 Å². The molecule has 0 radical (unpaired) electrons. The van der Waals surface area contributed by atoms with E-state index in [4.69, 9.17) is 5.11 Å². The molecule has 1 aromatic heterocycles. The first kappa shape index (κ1) is 14.8. The molecule has 0 aromatic carbocycles. The van der Waals surface area contributed by atoms with Crippen LogP contribution in [0.2, 0.25) is 0 Å². The Morgan fingerprint density at radius 1 is 1.35 bits per heavy atom. The second kappa shape index (κ2) is 6.22. The van der Waals surface area contributed by atoms with Gasteiger partial charge in [-0.25, -0.2) is 4.79 Å². The Morgan fingerprint density at radius 2 is 2.00 bits per heavy atom. The van der Waals surface area contributed by atoms with Gasteiger partial charge in [-0.1, -0.05) is 0 Å². The molecule has 1 N–H and O–H groups in total. The number of likely N-dealkylation sites (tertiary alicyclic amines) is 1. The number of piperidine rings is 1. The highest BCUT2D eigenvalue weighted by Crippen LogP contribution is 2.28. The van der Waals surface area contributed by atoms with E-state index >= 15 is 0 Å². The van der Waals surface area contributed by atoms with E-state index in [1.54, 1.807) is 6.07 Å². The number of thiophene rings is 1. The highest BCUT2D eigenvalue weighted by Gasteiger charge is 2.30. The molecule has 5 heteroatoms. The van der Waals surface area contributed by atoms with Crippen LogP contribution in [0, 0.1) is 0 Å². The van der Waals surface area contributed by atoms with E-state index in [-0.39, 0.29) is 18.0 Å². The molecule has 1 aliphatic rings. The van der Waals surface area contributed by atoms with Gasteiger partial charge in [0.15, 0.2) is 0 Å². The van der Waals surface area contributed by atoms with Crippen molar-refractivity contribution in [3.05, 3.63) is 28.0 Å². The van der Waals surface area contributed by atoms with E-state index in [1.165, 1.54) is 17.4 Å². The normalized spacial score (nSPS) is 23.2. The number of aliphatic carboxylic acids is 1. The van der Waals surface area contributed by atoms with Crippen molar-refractivity contribution in [2.45, 2.75) is 45.2 Å². The van der Waals surface area contributed by atoms with Crippen LogP contribution in [-0.4, -0.2) is 34.0 Å². The van der Waals surface area contributed by atoms with Crippen molar-refractivity contribution in [1.29, 1.82) is 0 Å². The van der Waals surface area contributed by atoms with Gasteiger partial charge < -0.3 is 10.0 Å². The lowest BCUT2D eigenvalue weighted by Gasteiger charge is -2.39. The van der Waals surface area contributed by atoms with E-state index in [9.17, 15) is 9.59 Å². The number of carbonyl (C=O) groups excluding carboxylic acids is 1. The SMILES string of the molecule is C[C@@H]1CCC[C@H](C)N1C(=O)c1sccc1/C=C/C(=O)O. The molecule has 2 heterocycles. The van der Waals surface area contributed by atoms with Crippen molar-refractivity contribution >= 4 is 29.3 Å². The van der Waals surface area contributed by atoms with Gasteiger partial charge in [0.05, 0.1) is 4.88 Å². The lowest BCUT2D eigenvalue weighted by molar-refractivity contribution is -0.131. The van der Waals surface area contributed by atoms with Gasteiger partial charge in [-0.2, -0.15) is 0 Å². The van der Waals surface area contributed by atoms with Crippen LogP contribution in [0.25, 0.3) is 6.08 Å². The van der Waals surface area contributed by atoms with Crippen LogP contribution in [0.1, 0.15) is 48.3 Å². The zero-order valence-corrected chi connectivity index (χ0v) is 12.5. The number of nitrogens with zero attached hydrogens (tertiary/aromatic N) is 1. The minimum Gasteiger partial charge on any atom is -0.478 e. The maximum Gasteiger partial charge on any atom is 0.328 e. The summed E-state index contributed by atoms with van der Waals surface area (Å²) in [6.45, 7) is 4.15. The van der Waals surface area contributed by atoms with Crippen molar-refractivity contribution in [2.24, 2.45) is 0 Å². The third kappa shape index (κ3) is 3.10. The molecule has 1 aliphatic heterocycles. The van der Waals surface area contributed by atoms with Crippen LogP contribution in [0.3, 0.4) is 0 Å². The molecule has 4 nitrogen and oxygen atoms in total. The number of rotatable bonds is 3. The van der Waals surface area contributed by atoms with Gasteiger partial charge >= 0.3 is 5.97 Å². The van der Waals surface area contributed by atoms with Gasteiger partial charge in [-0.05, 0) is 56.2 Å². The molecule has 1 aromatic rings. The monoisotopic (exact) mass is 293 g/mol. The van der Waals surface area contributed by atoms with E-state index in [0.717, 1.165) is 25.3 Å². The van der Waals surface area contributed by atoms with Crippen LogP contribution in [0.4, 0.5) is 0 Å². The summed E-state index contributed by atoms with van der Waals surface area (Å²) < 4.78 is 0. The Bertz CT molecular complexity index is 525. The standard InChI is InChI=1S/C15H19NO3S/c1-10-4-3-5-11(2)16(10)15(19)14-12(8-9-20-14)6-7-13(17)18/h6-11H,3-5H2,1-2H3,(H,17,18)/b7-6+/t10-,11+. The van der Waals surface area contributed by atoms with Crippen molar-refractivity contribution in [3.8, 4) is 0 Å². The smallest absolute Gasteiger partial charge is 0.328 e. The predicted octanol–water partition coefficient (Wildman–Crippen LogP) is 3.25. The van der Waals surface area contributed by atoms with Gasteiger partial charge in [0, 0.05) is 18.2 Å². The van der Waals surface area contributed by atoms with Gasteiger partial charge in [0.1, 0.15) is 0 Å². The van der Waals surface area contributed by atoms with E-state index in [2.05, 4.69) is 13.8 Å². The highest BCUT2D eigenvalue weighted by atomic mass is 32.1. The molecule has 1 amide bonds. The minimum atomic E-state index is -1.01. The lowest BCUT2D eigenvalue weighted by Crippen LogP contribution is -2.47. The highest BCUT2D eigenvalue weighted by molar-refractivity contribution is 7.12. The van der Waals surface area contributed by atoms with Gasteiger partial charge in [0.2, 0.25) is 0 Å². The van der Waals surface area contributed by atoms with Crippen LogP contribution >= 0.6 is 11.3 Å². The Kier molecular flexibility index (Phi) is 4.60. The molecule has 1 fully saturated rings.